The average molecular weight is 440 g/mol. The summed E-state index contributed by atoms with van der Waals surface area (Å²) >= 11 is 0. The zero-order valence-corrected chi connectivity index (χ0v) is 18.9. The van der Waals surface area contributed by atoms with Crippen molar-refractivity contribution >= 4 is 23.1 Å². The third-order valence-corrected chi connectivity index (χ3v) is 5.47. The van der Waals surface area contributed by atoms with Gasteiger partial charge in [-0.2, -0.15) is 0 Å². The van der Waals surface area contributed by atoms with E-state index in [-0.39, 0.29) is 24.5 Å². The maximum atomic E-state index is 13.1. The van der Waals surface area contributed by atoms with Crippen molar-refractivity contribution in [1.82, 2.24) is 4.90 Å². The van der Waals surface area contributed by atoms with Crippen molar-refractivity contribution in [3.8, 4) is 11.5 Å². The first-order chi connectivity index (χ1) is 15.3. The molecule has 1 fully saturated rings. The van der Waals surface area contributed by atoms with Crippen molar-refractivity contribution in [2.24, 2.45) is 0 Å². The number of carbonyl (C=O) groups excluding carboxylic acids is 2. The van der Waals surface area contributed by atoms with Crippen LogP contribution in [0.3, 0.4) is 0 Å². The van der Waals surface area contributed by atoms with Crippen molar-refractivity contribution in [2.75, 3.05) is 53.5 Å². The Balaban J connectivity index is 2.18. The lowest BCUT2D eigenvalue weighted by Crippen LogP contribution is -2.32. The Hall–Kier alpha value is -3.52. The van der Waals surface area contributed by atoms with Crippen LogP contribution in [0.1, 0.15) is 17.2 Å². The van der Waals surface area contributed by atoms with Crippen LogP contribution in [-0.2, 0) is 14.3 Å². The van der Waals surface area contributed by atoms with Crippen LogP contribution in [0.5, 0.6) is 11.5 Å². The Labute approximate surface area is 187 Å². The second-order valence-corrected chi connectivity index (χ2v) is 7.54. The Morgan fingerprint density at radius 1 is 1.03 bits per heavy atom. The Morgan fingerprint density at radius 2 is 1.72 bits per heavy atom. The summed E-state index contributed by atoms with van der Waals surface area (Å²) in [5, 5.41) is 11.2. The lowest BCUT2D eigenvalue weighted by Gasteiger charge is -2.25. The van der Waals surface area contributed by atoms with Gasteiger partial charge in [0.2, 0.25) is 0 Å². The highest BCUT2D eigenvalue weighted by molar-refractivity contribution is 6.46. The molecular weight excluding hydrogens is 412 g/mol. The summed E-state index contributed by atoms with van der Waals surface area (Å²) in [5.41, 5.74) is 1.99. The summed E-state index contributed by atoms with van der Waals surface area (Å²) in [6.07, 6.45) is 0. The van der Waals surface area contributed by atoms with Crippen molar-refractivity contribution in [3.63, 3.8) is 0 Å². The number of anilines is 1. The molecule has 3 rings (SSSR count). The van der Waals surface area contributed by atoms with Gasteiger partial charge in [0, 0.05) is 39.5 Å². The van der Waals surface area contributed by atoms with Crippen molar-refractivity contribution in [1.29, 1.82) is 0 Å². The molecule has 0 spiro atoms. The molecule has 2 aromatic rings. The number of carbonyl (C=O) groups is 2. The maximum Gasteiger partial charge on any atom is 0.295 e. The van der Waals surface area contributed by atoms with E-state index in [1.807, 2.05) is 43.3 Å². The molecule has 2 aromatic carbocycles. The molecule has 1 aliphatic rings. The minimum Gasteiger partial charge on any atom is -0.507 e. The van der Waals surface area contributed by atoms with Crippen LogP contribution in [0.15, 0.2) is 48.0 Å². The molecule has 0 saturated carbocycles. The molecule has 0 radical (unpaired) electrons. The van der Waals surface area contributed by atoms with Crippen LogP contribution < -0.4 is 14.4 Å². The number of nitrogens with zero attached hydrogens (tertiary/aromatic N) is 2. The first-order valence-electron chi connectivity index (χ1n) is 10.1. The predicted molar refractivity (Wildman–Crippen MR) is 121 cm³/mol. The largest absolute Gasteiger partial charge is 0.507 e. The van der Waals surface area contributed by atoms with Gasteiger partial charge < -0.3 is 29.1 Å². The normalized spacial score (nSPS) is 17.5. The van der Waals surface area contributed by atoms with Crippen molar-refractivity contribution in [3.05, 3.63) is 59.2 Å². The van der Waals surface area contributed by atoms with Gasteiger partial charge in [-0.3, -0.25) is 9.59 Å². The molecule has 1 amide bonds. The molecule has 1 N–H and O–H groups in total. The fourth-order valence-electron chi connectivity index (χ4n) is 3.74. The Morgan fingerprint density at radius 3 is 2.28 bits per heavy atom. The predicted octanol–water partition coefficient (Wildman–Crippen LogP) is 2.84. The summed E-state index contributed by atoms with van der Waals surface area (Å²) in [6.45, 7) is 0.461. The van der Waals surface area contributed by atoms with E-state index in [1.54, 1.807) is 18.2 Å². The standard InChI is InChI=1S/C24H28N2O6/c1-25(2)16-8-6-15(7-9-16)21-20(23(28)24(29)26(21)12-13-30-3)22(27)18-11-10-17(31-4)14-19(18)32-5/h6-11,14,21,27H,12-13H2,1-5H3/b22-20-. The van der Waals surface area contributed by atoms with Gasteiger partial charge in [0.25, 0.3) is 11.7 Å². The number of likely N-dealkylation sites (tertiary alicyclic amines) is 1. The first-order valence-corrected chi connectivity index (χ1v) is 10.1. The van der Waals surface area contributed by atoms with Gasteiger partial charge in [0.05, 0.1) is 38.0 Å². The number of rotatable bonds is 8. The second kappa shape index (κ2) is 9.74. The smallest absolute Gasteiger partial charge is 0.295 e. The minimum absolute atomic E-state index is 0.00664. The highest BCUT2D eigenvalue weighted by Gasteiger charge is 2.46. The SMILES string of the molecule is COCCN1C(=O)C(=O)/C(=C(\O)c2ccc(OC)cc2OC)C1c1ccc(N(C)C)cc1. The summed E-state index contributed by atoms with van der Waals surface area (Å²) in [5.74, 6) is -0.873. The monoisotopic (exact) mass is 440 g/mol. The van der Waals surface area contributed by atoms with Crippen LogP contribution in [0.25, 0.3) is 5.76 Å². The zero-order chi connectivity index (χ0) is 23.4. The number of amides is 1. The fourth-order valence-corrected chi connectivity index (χ4v) is 3.74. The Kier molecular flexibility index (Phi) is 7.05. The van der Waals surface area contributed by atoms with Gasteiger partial charge in [-0.05, 0) is 29.8 Å². The minimum atomic E-state index is -0.756. The topological polar surface area (TPSA) is 88.5 Å². The van der Waals surface area contributed by atoms with E-state index in [4.69, 9.17) is 14.2 Å². The molecule has 0 aromatic heterocycles. The number of aliphatic hydroxyl groups excluding tert-OH is 1. The molecule has 1 aliphatic heterocycles. The molecule has 1 heterocycles. The van der Waals surface area contributed by atoms with Gasteiger partial charge in [-0.15, -0.1) is 0 Å². The van der Waals surface area contributed by atoms with E-state index in [1.165, 1.54) is 26.2 Å². The fraction of sp³-hybridized carbons (Fsp3) is 0.333. The maximum absolute atomic E-state index is 13.1. The molecule has 1 saturated heterocycles. The molecule has 1 atom stereocenters. The lowest BCUT2D eigenvalue weighted by atomic mass is 9.94. The van der Waals surface area contributed by atoms with Gasteiger partial charge in [0.15, 0.2) is 0 Å². The van der Waals surface area contributed by atoms with Gasteiger partial charge in [0.1, 0.15) is 17.3 Å². The summed E-state index contributed by atoms with van der Waals surface area (Å²) in [4.78, 5) is 29.3. The van der Waals surface area contributed by atoms with Crippen molar-refractivity contribution < 1.29 is 28.9 Å². The van der Waals surface area contributed by atoms with Gasteiger partial charge in [-0.1, -0.05) is 12.1 Å². The average Bonchev–Trinajstić information content (AvgIpc) is 3.06. The first kappa shape index (κ1) is 23.1. The molecule has 32 heavy (non-hydrogen) atoms. The number of Topliss-reactive ketones (excluding diaryl/α,β-unsaturated/α-hetero) is 1. The summed E-state index contributed by atoms with van der Waals surface area (Å²) < 4.78 is 15.7. The molecule has 0 bridgehead atoms. The summed E-state index contributed by atoms with van der Waals surface area (Å²) in [6, 6.07) is 11.6. The van der Waals surface area contributed by atoms with Gasteiger partial charge in [-0.25, -0.2) is 0 Å². The zero-order valence-electron chi connectivity index (χ0n) is 18.9. The highest BCUT2D eigenvalue weighted by Crippen LogP contribution is 2.41. The van der Waals surface area contributed by atoms with Crippen LogP contribution in [0, 0.1) is 0 Å². The number of methoxy groups -OCH3 is 3. The molecule has 8 heteroatoms. The van der Waals surface area contributed by atoms with E-state index in [9.17, 15) is 14.7 Å². The quantitative estimate of drug-likeness (QED) is 0.384. The van der Waals surface area contributed by atoms with Crippen LogP contribution in [0.2, 0.25) is 0 Å². The van der Waals surface area contributed by atoms with E-state index in [2.05, 4.69) is 0 Å². The number of aliphatic hydroxyl groups is 1. The van der Waals surface area contributed by atoms with E-state index >= 15 is 0 Å². The summed E-state index contributed by atoms with van der Waals surface area (Å²) in [7, 11) is 8.36. The Bertz CT molecular complexity index is 1030. The number of hydrogen-bond acceptors (Lipinski definition) is 7. The highest BCUT2D eigenvalue weighted by atomic mass is 16.5. The molecule has 1 unspecified atom stereocenters. The molecule has 8 nitrogen and oxygen atoms in total. The van der Waals surface area contributed by atoms with Crippen LogP contribution in [0.4, 0.5) is 5.69 Å². The molecule has 170 valence electrons. The van der Waals surface area contributed by atoms with Gasteiger partial charge >= 0.3 is 0 Å². The number of hydrogen-bond donors (Lipinski definition) is 1. The second-order valence-electron chi connectivity index (χ2n) is 7.54. The molecular formula is C24H28N2O6. The van der Waals surface area contributed by atoms with Crippen LogP contribution >= 0.6 is 0 Å². The number of ether oxygens (including phenoxy) is 3. The van der Waals surface area contributed by atoms with E-state index < -0.39 is 17.7 Å². The number of benzene rings is 2. The van der Waals surface area contributed by atoms with Crippen LogP contribution in [-0.4, -0.2) is 70.3 Å². The lowest BCUT2D eigenvalue weighted by molar-refractivity contribution is -0.140. The van der Waals surface area contributed by atoms with E-state index in [0.717, 1.165) is 5.69 Å². The third kappa shape index (κ3) is 4.27. The number of ketones is 1. The third-order valence-electron chi connectivity index (χ3n) is 5.47. The van der Waals surface area contributed by atoms with Crippen molar-refractivity contribution in [2.45, 2.75) is 6.04 Å². The molecule has 0 aliphatic carbocycles. The van der Waals surface area contributed by atoms with E-state index in [0.29, 0.717) is 22.6 Å².